The molecule has 0 aliphatic carbocycles. The zero-order chi connectivity index (χ0) is 80.6. The van der Waals surface area contributed by atoms with E-state index in [-0.39, 0.29) is 86.6 Å². The van der Waals surface area contributed by atoms with Crippen LogP contribution in [0, 0.1) is 35.5 Å². The molecule has 2 aliphatic heterocycles. The predicted octanol–water partition coefficient (Wildman–Crippen LogP) is 4.60. The molecule has 2 aliphatic rings. The summed E-state index contributed by atoms with van der Waals surface area (Å²) in [5.41, 5.74) is 1.24. The van der Waals surface area contributed by atoms with Crippen LogP contribution in [-0.4, -0.2) is 267 Å². The number of likely N-dealkylation sites (tertiary alicyclic amines) is 1. The van der Waals surface area contributed by atoms with Crippen LogP contribution < -0.4 is 26.6 Å². The van der Waals surface area contributed by atoms with Crippen molar-refractivity contribution < 1.29 is 73.0 Å². The van der Waals surface area contributed by atoms with Crippen LogP contribution >= 0.6 is 0 Å². The number of nitrogens with zero attached hydrogens (tertiary/aromatic N) is 8. The number of carbonyl (C=O) groups is 12. The first-order chi connectivity index (χ1) is 50.1. The van der Waals surface area contributed by atoms with E-state index in [2.05, 4.69) is 26.6 Å². The van der Waals surface area contributed by atoms with Gasteiger partial charge in [-0.3, -0.25) is 68.1 Å². The molecule has 2 saturated heterocycles. The summed E-state index contributed by atoms with van der Waals surface area (Å²) in [6, 6.07) is 1.45. The number of hydrogen-bond acceptors (Lipinski definition) is 16. The van der Waals surface area contributed by atoms with Crippen molar-refractivity contribution in [2.45, 2.75) is 253 Å². The van der Waals surface area contributed by atoms with E-state index >= 15 is 33.6 Å². The molecule has 2 aromatic carbocycles. The van der Waals surface area contributed by atoms with Crippen LogP contribution in [-0.2, 0) is 65.6 Å². The van der Waals surface area contributed by atoms with Gasteiger partial charge in [-0.15, -0.1) is 0 Å². The number of nitrogens with one attached hydrogen (secondary N) is 5. The van der Waals surface area contributed by atoms with Crippen molar-refractivity contribution in [1.82, 2.24) is 65.9 Å². The van der Waals surface area contributed by atoms with Crippen molar-refractivity contribution in [2.75, 3.05) is 68.5 Å². The Morgan fingerprint density at radius 3 is 1.51 bits per heavy atom. The number of piperidine rings is 1. The fourth-order valence-corrected chi connectivity index (χ4v) is 13.8. The van der Waals surface area contributed by atoms with Crippen molar-refractivity contribution in [3.8, 4) is 0 Å². The second kappa shape index (κ2) is 43.2. The minimum atomic E-state index is -1.70. The van der Waals surface area contributed by atoms with Gasteiger partial charge >= 0.3 is 0 Å². The third kappa shape index (κ3) is 27.2. The SMILES string of the molecule is CCCCN1CC(=O)N(C)[C@@H](CC(C)C)C(O)N[C@@H](Cc2ccc(C(=O)N(C)O)cc2)C(=O)N(C)[C@@H](CC(C)C)C(=O)N(C)[C@@H](CC(C)C)C(=O)N[C@H](C(=O)N2CCCCC2)CC(=O)N[C@H](CC(C)C)C(=O)N(C)[C@@H](Cc2ccccc2)C(=O)N[C@@H](C(C)C)C(=O)N(C)C(CC(C)C)C(=O)N[C@@H]([C@@H](C)O)C1=O. The van der Waals surface area contributed by atoms with Gasteiger partial charge in [0.25, 0.3) is 5.91 Å². The highest BCUT2D eigenvalue weighted by Crippen LogP contribution is 2.25. The zero-order valence-electron chi connectivity index (χ0n) is 67.4. The Kier molecular flexibility index (Phi) is 36.9. The fraction of sp³-hybridized carbons (Fsp3) is 0.696. The number of carbonyl (C=O) groups excluding carboxylic acids is 12. The van der Waals surface area contributed by atoms with E-state index in [1.165, 1.54) is 90.7 Å². The molecule has 0 radical (unpaired) electrons. The summed E-state index contributed by atoms with van der Waals surface area (Å²) in [6.45, 7) is 25.2. The van der Waals surface area contributed by atoms with Gasteiger partial charge < -0.3 is 65.8 Å². The summed E-state index contributed by atoms with van der Waals surface area (Å²) in [5, 5.41) is 49.0. The third-order valence-electron chi connectivity index (χ3n) is 20.1. The number of rotatable bonds is 21. The Labute approximate surface area is 635 Å². The van der Waals surface area contributed by atoms with E-state index < -0.39 is 163 Å². The summed E-state index contributed by atoms with van der Waals surface area (Å²) in [5.74, 6) is -10.4. The first-order valence-corrected chi connectivity index (χ1v) is 38.4. The van der Waals surface area contributed by atoms with Gasteiger partial charge in [0.15, 0.2) is 0 Å². The molecule has 2 fully saturated rings. The van der Waals surface area contributed by atoms with E-state index in [9.17, 15) is 39.4 Å². The molecular formula is C79H129N13O15. The van der Waals surface area contributed by atoms with Gasteiger partial charge in [-0.25, -0.2) is 5.06 Å². The minimum absolute atomic E-state index is 0.0124. The smallest absolute Gasteiger partial charge is 0.276 e. The molecule has 28 heteroatoms. The number of hydroxylamine groups is 2. The van der Waals surface area contributed by atoms with Gasteiger partial charge in [0.05, 0.1) is 31.2 Å². The molecule has 600 valence electrons. The molecule has 12 amide bonds. The van der Waals surface area contributed by atoms with Crippen LogP contribution in [0.2, 0.25) is 0 Å². The van der Waals surface area contributed by atoms with Crippen molar-refractivity contribution in [3.05, 3.63) is 71.3 Å². The highest BCUT2D eigenvalue weighted by Gasteiger charge is 2.44. The summed E-state index contributed by atoms with van der Waals surface area (Å²) < 4.78 is 0. The maximum atomic E-state index is 15.7. The summed E-state index contributed by atoms with van der Waals surface area (Å²) in [7, 11) is 8.31. The Hall–Kier alpha value is -8.08. The molecule has 0 saturated carbocycles. The Morgan fingerprint density at radius 2 is 1.00 bits per heavy atom. The molecule has 0 aromatic heterocycles. The first-order valence-electron chi connectivity index (χ1n) is 38.4. The lowest BCUT2D eigenvalue weighted by Crippen LogP contribution is -2.63. The lowest BCUT2D eigenvalue weighted by molar-refractivity contribution is -0.151. The highest BCUT2D eigenvalue weighted by molar-refractivity contribution is 5.99. The molecule has 2 heterocycles. The average molecular weight is 1500 g/mol. The number of benzene rings is 2. The normalized spacial score (nSPS) is 24.9. The van der Waals surface area contributed by atoms with Crippen LogP contribution in [0.4, 0.5) is 0 Å². The van der Waals surface area contributed by atoms with Gasteiger partial charge in [-0.2, -0.15) is 0 Å². The number of aliphatic hydroxyl groups excluding tert-OH is 2. The van der Waals surface area contributed by atoms with Crippen LogP contribution in [0.15, 0.2) is 54.6 Å². The molecule has 4 rings (SSSR count). The maximum Gasteiger partial charge on any atom is 0.276 e. The number of unbranched alkanes of at least 4 members (excludes halogenated alkanes) is 1. The lowest BCUT2D eigenvalue weighted by atomic mass is 9.96. The second-order valence-corrected chi connectivity index (χ2v) is 32.0. The Balaban J connectivity index is 2.04. The van der Waals surface area contributed by atoms with Crippen LogP contribution in [0.3, 0.4) is 0 Å². The van der Waals surface area contributed by atoms with Gasteiger partial charge in [-0.1, -0.05) is 139 Å². The quantitative estimate of drug-likeness (QED) is 0.0625. The summed E-state index contributed by atoms with van der Waals surface area (Å²) in [4.78, 5) is 189. The van der Waals surface area contributed by atoms with Crippen LogP contribution in [0.5, 0.6) is 0 Å². The summed E-state index contributed by atoms with van der Waals surface area (Å²) in [6.07, 6.45) is -0.657. The van der Waals surface area contributed by atoms with Gasteiger partial charge in [-0.05, 0) is 130 Å². The van der Waals surface area contributed by atoms with E-state index in [4.69, 9.17) is 0 Å². The Morgan fingerprint density at radius 1 is 0.523 bits per heavy atom. The topological polar surface area (TPSA) is 352 Å². The fourth-order valence-electron chi connectivity index (χ4n) is 13.8. The van der Waals surface area contributed by atoms with Crippen molar-refractivity contribution >= 4 is 70.9 Å². The average Bonchev–Trinajstić information content (AvgIpc) is 0.815. The molecule has 0 spiro atoms. The molecule has 2 unspecified atom stereocenters. The van der Waals surface area contributed by atoms with Crippen LogP contribution in [0.1, 0.15) is 189 Å². The van der Waals surface area contributed by atoms with E-state index in [1.54, 1.807) is 61.2 Å². The number of aliphatic hydroxyl groups is 2. The number of hydrogen-bond donors (Lipinski definition) is 8. The summed E-state index contributed by atoms with van der Waals surface area (Å²) >= 11 is 0. The Bertz CT molecular complexity index is 3270. The van der Waals surface area contributed by atoms with Crippen molar-refractivity contribution in [3.63, 3.8) is 0 Å². The van der Waals surface area contributed by atoms with E-state index in [0.29, 0.717) is 55.0 Å². The molecule has 28 nitrogen and oxygen atoms in total. The second-order valence-electron chi connectivity index (χ2n) is 32.0. The first kappa shape index (κ1) is 91.3. The molecule has 12 atom stereocenters. The largest absolute Gasteiger partial charge is 0.391 e. The molecule has 107 heavy (non-hydrogen) atoms. The van der Waals surface area contributed by atoms with Crippen LogP contribution in [0.25, 0.3) is 0 Å². The maximum absolute atomic E-state index is 15.7. The monoisotopic (exact) mass is 1500 g/mol. The molecule has 8 N–H and O–H groups in total. The standard InChI is InChI=1S/C79H129N13O15/c1-21-22-35-92-46-66(95)85(15)60(39-48(4)5)69(96)81-58(43-55-31-33-56(34-32-55)73(100)90(20)107)75(102)89(19)64(42-51(10)11)77(104)87(17)61(40-49(6)7)70(97)82-59(76(103)91-36-27-24-28-37-91)45-65(94)80-57(38-47(2)3)74(101)86(16)63(44-54-29-25-23-26-30-54)72(99)83-67(52(12)13)78(105)88(18)62(41-50(8)9)71(98)84-68(53(14)93)79(92)106/h23,25-26,29-34,47-53,57-64,67-69,81,93,96,107H,21-22,24,27-28,35-46H2,1-20H3,(H,80,94)(H,82,97)(H,83,99)(H,84,98)/t53-,57-,58+,59+,60+,61+,62?,63+,64+,67+,68+,69?/m1/s1. The number of likely N-dealkylation sites (N-methyl/N-ethyl adjacent to an activating group) is 5. The minimum Gasteiger partial charge on any atom is -0.391 e. The third-order valence-corrected chi connectivity index (χ3v) is 20.1. The van der Waals surface area contributed by atoms with Crippen molar-refractivity contribution in [2.24, 2.45) is 35.5 Å². The van der Waals surface area contributed by atoms with E-state index in [1.807, 2.05) is 76.2 Å². The predicted molar refractivity (Wildman–Crippen MR) is 408 cm³/mol. The van der Waals surface area contributed by atoms with Gasteiger partial charge in [0.1, 0.15) is 54.6 Å². The molecule has 2 aromatic rings. The molecule has 0 bridgehead atoms. The van der Waals surface area contributed by atoms with E-state index in [0.717, 1.165) is 6.42 Å². The van der Waals surface area contributed by atoms with Crippen molar-refractivity contribution in [1.29, 1.82) is 0 Å². The van der Waals surface area contributed by atoms with Gasteiger partial charge in [0, 0.05) is 73.9 Å². The zero-order valence-corrected chi connectivity index (χ0v) is 67.4. The number of amides is 12. The molecular weight excluding hydrogens is 1370 g/mol. The highest BCUT2D eigenvalue weighted by atomic mass is 16.5. The lowest BCUT2D eigenvalue weighted by Gasteiger charge is -2.39. The van der Waals surface area contributed by atoms with Gasteiger partial charge in [0.2, 0.25) is 65.0 Å².